The van der Waals surface area contributed by atoms with Crippen LogP contribution >= 0.6 is 0 Å². The zero-order chi connectivity index (χ0) is 14.4. The Kier molecular flexibility index (Phi) is 5.76. The van der Waals surface area contributed by atoms with E-state index in [9.17, 15) is 9.18 Å². The fourth-order valence-corrected chi connectivity index (χ4v) is 1.79. The first kappa shape index (κ1) is 15.4. The minimum atomic E-state index is -0.420. The highest BCUT2D eigenvalue weighted by molar-refractivity contribution is 5.99. The highest BCUT2D eigenvalue weighted by atomic mass is 19.1. The molecule has 0 spiro atoms. The van der Waals surface area contributed by atoms with Gasteiger partial charge in [0.05, 0.1) is 11.3 Å². The van der Waals surface area contributed by atoms with Crippen molar-refractivity contribution < 1.29 is 9.18 Å². The largest absolute Gasteiger partial charge is 0.385 e. The summed E-state index contributed by atoms with van der Waals surface area (Å²) in [6, 6.07) is 4.53. The lowest BCUT2D eigenvalue weighted by Crippen LogP contribution is -2.35. The number of para-hydroxylation sites is 1. The van der Waals surface area contributed by atoms with Crippen LogP contribution in [0.2, 0.25) is 0 Å². The number of carbonyl (C=O) groups is 1. The summed E-state index contributed by atoms with van der Waals surface area (Å²) < 4.78 is 13.6. The predicted molar refractivity (Wildman–Crippen MR) is 76.0 cm³/mol. The number of halogens is 1. The van der Waals surface area contributed by atoms with E-state index < -0.39 is 5.82 Å². The molecule has 19 heavy (non-hydrogen) atoms. The summed E-state index contributed by atoms with van der Waals surface area (Å²) in [4.78, 5) is 14.2. The van der Waals surface area contributed by atoms with Gasteiger partial charge in [-0.25, -0.2) is 4.39 Å². The molecule has 0 aromatic heterocycles. The maximum absolute atomic E-state index is 13.6. The molecule has 1 unspecified atom stereocenters. The van der Waals surface area contributed by atoms with E-state index >= 15 is 0 Å². The molecule has 0 aliphatic carbocycles. The van der Waals surface area contributed by atoms with Crippen LogP contribution in [0.25, 0.3) is 0 Å². The lowest BCUT2D eigenvalue weighted by molar-refractivity contribution is 0.0937. The third-order valence-corrected chi connectivity index (χ3v) is 2.90. The molecule has 0 fully saturated rings. The molecule has 1 amide bonds. The standard InChI is InChI=1S/C14H22FN3O/c1-10(8-9-18(3)4)17-14(19)11-6-5-7-12(15)13(11)16-2/h5-7,10,16H,8-9H2,1-4H3,(H,17,19). The van der Waals surface area contributed by atoms with Crippen LogP contribution in [0, 0.1) is 5.82 Å². The molecule has 1 rings (SSSR count). The second-order valence-corrected chi connectivity index (χ2v) is 4.88. The van der Waals surface area contributed by atoms with Gasteiger partial charge in [0.1, 0.15) is 5.82 Å². The van der Waals surface area contributed by atoms with Crippen molar-refractivity contribution in [1.82, 2.24) is 10.2 Å². The van der Waals surface area contributed by atoms with Crippen LogP contribution in [-0.2, 0) is 0 Å². The van der Waals surface area contributed by atoms with E-state index in [1.165, 1.54) is 12.1 Å². The van der Waals surface area contributed by atoms with Crippen molar-refractivity contribution in [1.29, 1.82) is 0 Å². The predicted octanol–water partition coefficient (Wildman–Crippen LogP) is 1.94. The topological polar surface area (TPSA) is 44.4 Å². The second kappa shape index (κ2) is 7.09. The molecular formula is C14H22FN3O. The molecule has 1 aromatic rings. The zero-order valence-corrected chi connectivity index (χ0v) is 12.0. The molecule has 0 bridgehead atoms. The van der Waals surface area contributed by atoms with Gasteiger partial charge in [0.25, 0.3) is 5.91 Å². The maximum atomic E-state index is 13.6. The average Bonchev–Trinajstić information content (AvgIpc) is 2.36. The van der Waals surface area contributed by atoms with Gasteiger partial charge in [-0.05, 0) is 46.1 Å². The van der Waals surface area contributed by atoms with E-state index in [1.54, 1.807) is 13.1 Å². The van der Waals surface area contributed by atoms with Gasteiger partial charge in [-0.3, -0.25) is 4.79 Å². The number of nitrogens with one attached hydrogen (secondary N) is 2. The van der Waals surface area contributed by atoms with E-state index in [2.05, 4.69) is 15.5 Å². The number of rotatable bonds is 6. The SMILES string of the molecule is CNc1c(F)cccc1C(=O)NC(C)CCN(C)C. The first-order valence-corrected chi connectivity index (χ1v) is 6.37. The summed E-state index contributed by atoms with van der Waals surface area (Å²) in [7, 11) is 5.57. The Labute approximate surface area is 114 Å². The maximum Gasteiger partial charge on any atom is 0.253 e. The molecule has 5 heteroatoms. The minimum absolute atomic E-state index is 0.0443. The lowest BCUT2D eigenvalue weighted by Gasteiger charge is -2.18. The van der Waals surface area contributed by atoms with E-state index in [0.717, 1.165) is 13.0 Å². The highest BCUT2D eigenvalue weighted by Crippen LogP contribution is 2.19. The van der Waals surface area contributed by atoms with Gasteiger partial charge in [0.15, 0.2) is 0 Å². The summed E-state index contributed by atoms with van der Waals surface area (Å²) in [6.07, 6.45) is 0.850. The molecule has 0 aliphatic rings. The second-order valence-electron chi connectivity index (χ2n) is 4.88. The van der Waals surface area contributed by atoms with Crippen molar-refractivity contribution in [3.05, 3.63) is 29.6 Å². The molecule has 0 aliphatic heterocycles. The Balaban J connectivity index is 2.70. The van der Waals surface area contributed by atoms with Crippen LogP contribution in [-0.4, -0.2) is 44.5 Å². The van der Waals surface area contributed by atoms with Gasteiger partial charge in [0.2, 0.25) is 0 Å². The number of anilines is 1. The summed E-state index contributed by atoms with van der Waals surface area (Å²) >= 11 is 0. The first-order chi connectivity index (χ1) is 8.95. The Morgan fingerprint density at radius 3 is 2.68 bits per heavy atom. The van der Waals surface area contributed by atoms with E-state index in [4.69, 9.17) is 0 Å². The summed E-state index contributed by atoms with van der Waals surface area (Å²) in [5.74, 6) is -0.675. The summed E-state index contributed by atoms with van der Waals surface area (Å²) in [6.45, 7) is 2.84. The highest BCUT2D eigenvalue weighted by Gasteiger charge is 2.15. The molecule has 0 saturated heterocycles. The molecule has 1 aromatic carbocycles. The number of hydrogen-bond acceptors (Lipinski definition) is 3. The van der Waals surface area contributed by atoms with Crippen LogP contribution in [0.5, 0.6) is 0 Å². The Morgan fingerprint density at radius 2 is 2.11 bits per heavy atom. The zero-order valence-electron chi connectivity index (χ0n) is 12.0. The third kappa shape index (κ3) is 4.52. The van der Waals surface area contributed by atoms with E-state index in [1.807, 2.05) is 21.0 Å². The number of amides is 1. The van der Waals surface area contributed by atoms with E-state index in [-0.39, 0.29) is 17.6 Å². The smallest absolute Gasteiger partial charge is 0.253 e. The summed E-state index contributed by atoms with van der Waals surface area (Å²) in [5, 5.41) is 5.61. The minimum Gasteiger partial charge on any atom is -0.385 e. The fraction of sp³-hybridized carbons (Fsp3) is 0.500. The number of benzene rings is 1. The molecule has 0 radical (unpaired) electrons. The monoisotopic (exact) mass is 267 g/mol. The normalized spacial score (nSPS) is 12.3. The molecule has 0 heterocycles. The molecular weight excluding hydrogens is 245 g/mol. The molecule has 2 N–H and O–H groups in total. The van der Waals surface area contributed by atoms with Crippen LogP contribution < -0.4 is 10.6 Å². The average molecular weight is 267 g/mol. The van der Waals surface area contributed by atoms with Crippen molar-refractivity contribution >= 4 is 11.6 Å². The lowest BCUT2D eigenvalue weighted by atomic mass is 10.1. The quantitative estimate of drug-likeness (QED) is 0.828. The van der Waals surface area contributed by atoms with E-state index in [0.29, 0.717) is 5.56 Å². The van der Waals surface area contributed by atoms with Crippen LogP contribution in [0.4, 0.5) is 10.1 Å². The molecule has 106 valence electrons. The van der Waals surface area contributed by atoms with Gasteiger partial charge >= 0.3 is 0 Å². The van der Waals surface area contributed by atoms with Crippen LogP contribution in [0.15, 0.2) is 18.2 Å². The molecule has 0 saturated carbocycles. The number of carbonyl (C=O) groups excluding carboxylic acids is 1. The number of nitrogens with zero attached hydrogens (tertiary/aromatic N) is 1. The fourth-order valence-electron chi connectivity index (χ4n) is 1.79. The van der Waals surface area contributed by atoms with Gasteiger partial charge in [-0.1, -0.05) is 6.07 Å². The van der Waals surface area contributed by atoms with Crippen LogP contribution in [0.3, 0.4) is 0 Å². The molecule has 4 nitrogen and oxygen atoms in total. The number of hydrogen-bond donors (Lipinski definition) is 2. The van der Waals surface area contributed by atoms with Gasteiger partial charge < -0.3 is 15.5 Å². The van der Waals surface area contributed by atoms with Crippen molar-refractivity contribution in [3.63, 3.8) is 0 Å². The summed E-state index contributed by atoms with van der Waals surface area (Å²) in [5.41, 5.74) is 0.569. The van der Waals surface area contributed by atoms with Crippen LogP contribution in [0.1, 0.15) is 23.7 Å². The van der Waals surface area contributed by atoms with Gasteiger partial charge in [-0.15, -0.1) is 0 Å². The Hall–Kier alpha value is -1.62. The van der Waals surface area contributed by atoms with Crippen molar-refractivity contribution in [3.8, 4) is 0 Å². The van der Waals surface area contributed by atoms with Gasteiger partial charge in [-0.2, -0.15) is 0 Å². The Morgan fingerprint density at radius 1 is 1.42 bits per heavy atom. The van der Waals surface area contributed by atoms with Crippen molar-refractivity contribution in [2.24, 2.45) is 0 Å². The van der Waals surface area contributed by atoms with Gasteiger partial charge in [0, 0.05) is 13.1 Å². The first-order valence-electron chi connectivity index (χ1n) is 6.37. The van der Waals surface area contributed by atoms with Crippen molar-refractivity contribution in [2.45, 2.75) is 19.4 Å². The van der Waals surface area contributed by atoms with Crippen molar-refractivity contribution in [2.75, 3.05) is 33.0 Å². The third-order valence-electron chi connectivity index (χ3n) is 2.90. The Bertz CT molecular complexity index is 435. The molecule has 1 atom stereocenters.